The molecule has 5 heteroatoms. The molecule has 5 nitrogen and oxygen atoms in total. The topological polar surface area (TPSA) is 81.6 Å². The van der Waals surface area contributed by atoms with Gasteiger partial charge in [-0.25, -0.2) is 5.84 Å². The number of hydrogen-bond acceptors (Lipinski definition) is 4. The van der Waals surface area contributed by atoms with Crippen molar-refractivity contribution >= 4 is 5.91 Å². The van der Waals surface area contributed by atoms with E-state index in [1.54, 1.807) is 7.11 Å². The highest BCUT2D eigenvalue weighted by molar-refractivity contribution is 5.76. The first-order valence-electron chi connectivity index (χ1n) is 6.31. The summed E-state index contributed by atoms with van der Waals surface area (Å²) in [5.41, 5.74) is 8.05. The molecule has 0 saturated carbocycles. The van der Waals surface area contributed by atoms with Gasteiger partial charge < -0.3 is 10.5 Å². The molecule has 0 aliphatic heterocycles. The number of rotatable bonds is 5. The Hall–Kier alpha value is -1.59. The lowest BCUT2D eigenvalue weighted by molar-refractivity contribution is -0.130. The van der Waals surface area contributed by atoms with Crippen LogP contribution in [0.4, 0.5) is 0 Å². The van der Waals surface area contributed by atoms with Crippen molar-refractivity contribution in [3.8, 4) is 5.75 Å². The zero-order chi connectivity index (χ0) is 14.6. The predicted octanol–water partition coefficient (Wildman–Crippen LogP) is 1.54. The molecule has 1 aromatic carbocycles. The summed E-state index contributed by atoms with van der Waals surface area (Å²) < 4.78 is 5.32. The Labute approximate surface area is 114 Å². The van der Waals surface area contributed by atoms with E-state index in [1.807, 2.05) is 18.2 Å². The first-order chi connectivity index (χ1) is 8.86. The molecule has 0 heterocycles. The minimum Gasteiger partial charge on any atom is -0.496 e. The van der Waals surface area contributed by atoms with Crippen LogP contribution in [0.25, 0.3) is 0 Å². The third-order valence-electron chi connectivity index (χ3n) is 3.09. The quantitative estimate of drug-likeness (QED) is 0.480. The van der Waals surface area contributed by atoms with Crippen LogP contribution in [0.15, 0.2) is 18.2 Å². The lowest BCUT2D eigenvalue weighted by Gasteiger charge is -2.18. The maximum atomic E-state index is 11.6. The van der Waals surface area contributed by atoms with Gasteiger partial charge >= 0.3 is 0 Å². The van der Waals surface area contributed by atoms with Crippen LogP contribution in [0.2, 0.25) is 0 Å². The highest BCUT2D eigenvalue weighted by atomic mass is 16.5. The molecule has 0 aromatic heterocycles. The van der Waals surface area contributed by atoms with E-state index in [-0.39, 0.29) is 18.4 Å². The van der Waals surface area contributed by atoms with Gasteiger partial charge in [-0.15, -0.1) is 0 Å². The molecule has 0 saturated heterocycles. The molecule has 19 heavy (non-hydrogen) atoms. The summed E-state index contributed by atoms with van der Waals surface area (Å²) in [6, 6.07) is 5.42. The Morgan fingerprint density at radius 2 is 2.05 bits per heavy atom. The SMILES string of the molecule is COc1ccc(C(N)CC(=O)N(C)N)cc1C(C)C. The molecule has 0 aliphatic carbocycles. The standard InChI is InChI=1S/C14H23N3O2/c1-9(2)11-7-10(5-6-13(11)19-4)12(15)8-14(18)17(3)16/h5-7,9,12H,8,15-16H2,1-4H3. The number of nitrogens with two attached hydrogens (primary N) is 2. The van der Waals surface area contributed by atoms with Crippen molar-refractivity contribution in [2.45, 2.75) is 32.2 Å². The maximum absolute atomic E-state index is 11.6. The zero-order valence-electron chi connectivity index (χ0n) is 12.0. The fourth-order valence-electron chi connectivity index (χ4n) is 1.88. The molecule has 1 atom stereocenters. The number of amides is 1. The molecule has 1 rings (SSSR count). The average Bonchev–Trinajstić information content (AvgIpc) is 2.37. The molecule has 106 valence electrons. The van der Waals surface area contributed by atoms with Crippen molar-refractivity contribution in [3.05, 3.63) is 29.3 Å². The first kappa shape index (κ1) is 15.5. The lowest BCUT2D eigenvalue weighted by Crippen LogP contribution is -2.35. The van der Waals surface area contributed by atoms with Crippen LogP contribution >= 0.6 is 0 Å². The van der Waals surface area contributed by atoms with Gasteiger partial charge in [0.25, 0.3) is 0 Å². The van der Waals surface area contributed by atoms with E-state index >= 15 is 0 Å². The second-order valence-corrected chi connectivity index (χ2v) is 4.97. The van der Waals surface area contributed by atoms with Gasteiger partial charge in [0.15, 0.2) is 0 Å². The molecule has 0 radical (unpaired) electrons. The second-order valence-electron chi connectivity index (χ2n) is 4.97. The van der Waals surface area contributed by atoms with Crippen LogP contribution in [-0.2, 0) is 4.79 Å². The molecule has 1 unspecified atom stereocenters. The summed E-state index contributed by atoms with van der Waals surface area (Å²) in [6.45, 7) is 4.18. The molecule has 0 bridgehead atoms. The van der Waals surface area contributed by atoms with Crippen LogP contribution < -0.4 is 16.3 Å². The van der Waals surface area contributed by atoms with Crippen molar-refractivity contribution in [2.75, 3.05) is 14.2 Å². The van der Waals surface area contributed by atoms with Crippen LogP contribution in [-0.4, -0.2) is 25.1 Å². The molecule has 1 aromatic rings. The van der Waals surface area contributed by atoms with E-state index in [2.05, 4.69) is 13.8 Å². The second kappa shape index (κ2) is 6.54. The van der Waals surface area contributed by atoms with E-state index in [9.17, 15) is 4.79 Å². The first-order valence-corrected chi connectivity index (χ1v) is 6.31. The molecule has 4 N–H and O–H groups in total. The Bertz CT molecular complexity index is 444. The summed E-state index contributed by atoms with van der Waals surface area (Å²) in [5, 5.41) is 1.06. The van der Waals surface area contributed by atoms with Crippen molar-refractivity contribution in [2.24, 2.45) is 11.6 Å². The van der Waals surface area contributed by atoms with Crippen LogP contribution in [0.3, 0.4) is 0 Å². The Morgan fingerprint density at radius 3 is 2.53 bits per heavy atom. The van der Waals surface area contributed by atoms with Gasteiger partial charge in [0.05, 0.1) is 7.11 Å². The van der Waals surface area contributed by atoms with Crippen molar-refractivity contribution in [3.63, 3.8) is 0 Å². The number of carbonyl (C=O) groups is 1. The average molecular weight is 265 g/mol. The normalized spacial score (nSPS) is 12.4. The van der Waals surface area contributed by atoms with Crippen molar-refractivity contribution in [1.82, 2.24) is 5.01 Å². The summed E-state index contributed by atoms with van der Waals surface area (Å²) in [7, 11) is 3.16. The molecule has 0 aliphatic rings. The third-order valence-corrected chi connectivity index (χ3v) is 3.09. The largest absolute Gasteiger partial charge is 0.496 e. The number of carbonyl (C=O) groups excluding carboxylic acids is 1. The van der Waals surface area contributed by atoms with E-state index in [0.717, 1.165) is 21.9 Å². The van der Waals surface area contributed by atoms with Crippen LogP contribution in [0.5, 0.6) is 5.75 Å². The predicted molar refractivity (Wildman–Crippen MR) is 75.6 cm³/mol. The number of ether oxygens (including phenoxy) is 1. The van der Waals surface area contributed by atoms with Crippen LogP contribution in [0, 0.1) is 0 Å². The lowest BCUT2D eigenvalue weighted by atomic mass is 9.95. The molecular formula is C14H23N3O2. The number of hydrogen-bond donors (Lipinski definition) is 2. The summed E-state index contributed by atoms with van der Waals surface area (Å²) in [5.74, 6) is 6.38. The van der Waals surface area contributed by atoms with E-state index in [1.165, 1.54) is 7.05 Å². The highest BCUT2D eigenvalue weighted by Crippen LogP contribution is 2.29. The molecular weight excluding hydrogens is 242 g/mol. The van der Waals surface area contributed by atoms with Gasteiger partial charge in [-0.05, 0) is 23.1 Å². The van der Waals surface area contributed by atoms with Crippen molar-refractivity contribution in [1.29, 1.82) is 0 Å². The number of nitrogens with zero attached hydrogens (tertiary/aromatic N) is 1. The summed E-state index contributed by atoms with van der Waals surface area (Å²) in [6.07, 6.45) is 0.191. The molecule has 0 fully saturated rings. The highest BCUT2D eigenvalue weighted by Gasteiger charge is 2.16. The number of methoxy groups -OCH3 is 1. The minimum absolute atomic E-state index is 0.186. The maximum Gasteiger partial charge on any atom is 0.238 e. The van der Waals surface area contributed by atoms with E-state index in [0.29, 0.717) is 5.92 Å². The van der Waals surface area contributed by atoms with Gasteiger partial charge in [0.1, 0.15) is 5.75 Å². The fraction of sp³-hybridized carbons (Fsp3) is 0.500. The zero-order valence-corrected chi connectivity index (χ0v) is 12.0. The van der Waals surface area contributed by atoms with Gasteiger partial charge in [-0.2, -0.15) is 0 Å². The fourth-order valence-corrected chi connectivity index (χ4v) is 1.88. The summed E-state index contributed by atoms with van der Waals surface area (Å²) >= 11 is 0. The van der Waals surface area contributed by atoms with Gasteiger partial charge in [-0.3, -0.25) is 9.80 Å². The van der Waals surface area contributed by atoms with Gasteiger partial charge in [-0.1, -0.05) is 26.0 Å². The van der Waals surface area contributed by atoms with E-state index < -0.39 is 0 Å². The van der Waals surface area contributed by atoms with Crippen LogP contribution in [0.1, 0.15) is 43.4 Å². The molecule has 1 amide bonds. The molecule has 0 spiro atoms. The Morgan fingerprint density at radius 1 is 1.42 bits per heavy atom. The number of hydrazine groups is 1. The Kier molecular flexibility index (Phi) is 5.32. The Balaban J connectivity index is 2.95. The van der Waals surface area contributed by atoms with Crippen molar-refractivity contribution < 1.29 is 9.53 Å². The minimum atomic E-state index is -0.359. The third kappa shape index (κ3) is 3.94. The van der Waals surface area contributed by atoms with E-state index in [4.69, 9.17) is 16.3 Å². The summed E-state index contributed by atoms with van der Waals surface area (Å²) in [4.78, 5) is 11.6. The number of benzene rings is 1. The smallest absolute Gasteiger partial charge is 0.238 e. The van der Waals surface area contributed by atoms with Gasteiger partial charge in [0.2, 0.25) is 5.91 Å². The van der Waals surface area contributed by atoms with Gasteiger partial charge in [0, 0.05) is 19.5 Å². The monoisotopic (exact) mass is 265 g/mol.